The SMILES string of the molecule is Cc1c(-c2cc(C(C)(C)C)cc[n+]2C)c(F)cc(F)c1-c1occ[n+]1C. The van der Waals surface area contributed by atoms with Gasteiger partial charge in [0.25, 0.3) is 0 Å². The van der Waals surface area contributed by atoms with Crippen molar-refractivity contribution >= 4 is 0 Å². The van der Waals surface area contributed by atoms with Crippen molar-refractivity contribution in [2.45, 2.75) is 33.1 Å². The molecule has 26 heavy (non-hydrogen) atoms. The maximum Gasteiger partial charge on any atom is 0.383 e. The average molecular weight is 358 g/mol. The van der Waals surface area contributed by atoms with Crippen molar-refractivity contribution in [3.8, 4) is 22.7 Å². The Labute approximate surface area is 152 Å². The summed E-state index contributed by atoms with van der Waals surface area (Å²) in [5.74, 6) is -0.862. The number of aryl methyl sites for hydroxylation is 2. The lowest BCUT2D eigenvalue weighted by molar-refractivity contribution is -0.662. The first-order chi connectivity index (χ1) is 12.1. The number of aromatic nitrogens is 2. The van der Waals surface area contributed by atoms with Gasteiger partial charge < -0.3 is 4.42 Å². The second kappa shape index (κ2) is 6.31. The van der Waals surface area contributed by atoms with E-state index in [1.54, 1.807) is 24.7 Å². The van der Waals surface area contributed by atoms with Crippen LogP contribution in [0, 0.1) is 18.6 Å². The summed E-state index contributed by atoms with van der Waals surface area (Å²) in [4.78, 5) is 0. The molecule has 0 atom stereocenters. The van der Waals surface area contributed by atoms with Crippen LogP contribution in [0.15, 0.2) is 41.3 Å². The zero-order valence-corrected chi connectivity index (χ0v) is 16.0. The number of rotatable bonds is 2. The van der Waals surface area contributed by atoms with Crippen LogP contribution in [0.1, 0.15) is 31.9 Å². The number of halogens is 2. The molecule has 3 rings (SSSR count). The van der Waals surface area contributed by atoms with Crippen LogP contribution < -0.4 is 9.13 Å². The van der Waals surface area contributed by atoms with Crippen molar-refractivity contribution in [2.24, 2.45) is 14.1 Å². The van der Waals surface area contributed by atoms with Crippen LogP contribution in [-0.4, -0.2) is 0 Å². The normalized spacial score (nSPS) is 11.8. The Morgan fingerprint density at radius 3 is 2.15 bits per heavy atom. The summed E-state index contributed by atoms with van der Waals surface area (Å²) in [6.45, 7) is 8.04. The van der Waals surface area contributed by atoms with Gasteiger partial charge in [0.2, 0.25) is 11.9 Å². The topological polar surface area (TPSA) is 20.9 Å². The first kappa shape index (κ1) is 18.2. The van der Waals surface area contributed by atoms with Crippen LogP contribution in [0.4, 0.5) is 8.78 Å². The summed E-state index contributed by atoms with van der Waals surface area (Å²) in [7, 11) is 3.62. The van der Waals surface area contributed by atoms with Gasteiger partial charge in [-0.05, 0) is 23.5 Å². The van der Waals surface area contributed by atoms with E-state index < -0.39 is 11.6 Å². The predicted octanol–water partition coefficient (Wildman–Crippen LogP) is 4.15. The molecule has 0 saturated carbocycles. The fraction of sp³-hybridized carbons (Fsp3) is 0.333. The lowest BCUT2D eigenvalue weighted by Gasteiger charge is -2.19. The quantitative estimate of drug-likeness (QED) is 0.631. The van der Waals surface area contributed by atoms with Gasteiger partial charge in [-0.2, -0.15) is 4.57 Å². The molecule has 0 spiro atoms. The maximum absolute atomic E-state index is 14.8. The van der Waals surface area contributed by atoms with Gasteiger partial charge in [-0.15, -0.1) is 0 Å². The minimum atomic E-state index is -0.635. The molecular weight excluding hydrogens is 334 g/mol. The summed E-state index contributed by atoms with van der Waals surface area (Å²) < 4.78 is 38.4. The van der Waals surface area contributed by atoms with E-state index in [0.717, 1.165) is 11.6 Å². The number of benzene rings is 1. The maximum atomic E-state index is 14.8. The van der Waals surface area contributed by atoms with E-state index in [4.69, 9.17) is 4.42 Å². The first-order valence-electron chi connectivity index (χ1n) is 8.54. The van der Waals surface area contributed by atoms with Crippen molar-refractivity contribution in [2.75, 3.05) is 0 Å². The molecule has 0 aliphatic rings. The largest absolute Gasteiger partial charge is 0.406 e. The molecule has 5 heteroatoms. The molecule has 0 bridgehead atoms. The highest BCUT2D eigenvalue weighted by Gasteiger charge is 2.29. The minimum absolute atomic E-state index is 0.0797. The Morgan fingerprint density at radius 2 is 1.58 bits per heavy atom. The molecule has 136 valence electrons. The van der Waals surface area contributed by atoms with E-state index in [9.17, 15) is 8.78 Å². The Balaban J connectivity index is 2.32. The molecular formula is C21H24F2N2O+2. The van der Waals surface area contributed by atoms with Crippen LogP contribution in [-0.2, 0) is 19.5 Å². The molecule has 0 fully saturated rings. The van der Waals surface area contributed by atoms with Crippen LogP contribution in [0.3, 0.4) is 0 Å². The molecule has 3 aromatic rings. The lowest BCUT2D eigenvalue weighted by atomic mass is 9.86. The fourth-order valence-electron chi connectivity index (χ4n) is 3.17. The third-order valence-corrected chi connectivity index (χ3v) is 4.75. The van der Waals surface area contributed by atoms with Crippen LogP contribution in [0.5, 0.6) is 0 Å². The molecule has 3 nitrogen and oxygen atoms in total. The van der Waals surface area contributed by atoms with E-state index in [-0.39, 0.29) is 11.0 Å². The summed E-state index contributed by atoms with van der Waals surface area (Å²) in [6.07, 6.45) is 5.08. The van der Waals surface area contributed by atoms with E-state index >= 15 is 0 Å². The van der Waals surface area contributed by atoms with Gasteiger partial charge in [0.05, 0.1) is 5.56 Å². The van der Waals surface area contributed by atoms with Gasteiger partial charge in [0, 0.05) is 18.2 Å². The number of oxazole rings is 1. The zero-order chi connectivity index (χ0) is 19.2. The van der Waals surface area contributed by atoms with E-state index in [0.29, 0.717) is 22.7 Å². The van der Waals surface area contributed by atoms with Crippen molar-refractivity contribution in [1.82, 2.24) is 0 Å². The Kier molecular flexibility index (Phi) is 4.42. The van der Waals surface area contributed by atoms with Crippen molar-refractivity contribution in [1.29, 1.82) is 0 Å². The molecule has 0 aliphatic carbocycles. The second-order valence-corrected chi connectivity index (χ2v) is 7.70. The molecule has 0 amide bonds. The van der Waals surface area contributed by atoms with Gasteiger partial charge in [0.1, 0.15) is 31.3 Å². The average Bonchev–Trinajstić information content (AvgIpc) is 2.93. The second-order valence-electron chi connectivity index (χ2n) is 7.70. The fourth-order valence-corrected chi connectivity index (χ4v) is 3.17. The molecule has 0 N–H and O–H groups in total. The van der Waals surface area contributed by atoms with E-state index in [2.05, 4.69) is 20.8 Å². The smallest absolute Gasteiger partial charge is 0.383 e. The van der Waals surface area contributed by atoms with Crippen LogP contribution in [0.25, 0.3) is 22.7 Å². The third kappa shape index (κ3) is 3.02. The van der Waals surface area contributed by atoms with Gasteiger partial charge in [-0.1, -0.05) is 20.8 Å². The Hall–Kier alpha value is -2.56. The number of pyridine rings is 1. The van der Waals surface area contributed by atoms with E-state index in [1.165, 1.54) is 6.26 Å². The highest BCUT2D eigenvalue weighted by molar-refractivity contribution is 5.72. The van der Waals surface area contributed by atoms with Crippen molar-refractivity contribution < 1.29 is 22.3 Å². The first-order valence-corrected chi connectivity index (χ1v) is 8.54. The van der Waals surface area contributed by atoms with Gasteiger partial charge in [-0.3, -0.25) is 0 Å². The van der Waals surface area contributed by atoms with Crippen molar-refractivity contribution in [3.63, 3.8) is 0 Å². The van der Waals surface area contributed by atoms with Gasteiger partial charge >= 0.3 is 5.89 Å². The molecule has 2 aromatic heterocycles. The monoisotopic (exact) mass is 358 g/mol. The molecule has 1 aromatic carbocycles. The number of nitrogens with zero attached hydrogens (tertiary/aromatic N) is 2. The molecule has 0 radical (unpaired) electrons. The molecule has 2 heterocycles. The minimum Gasteiger partial charge on any atom is -0.406 e. The lowest BCUT2D eigenvalue weighted by Crippen LogP contribution is -2.32. The van der Waals surface area contributed by atoms with Crippen LogP contribution in [0.2, 0.25) is 0 Å². The summed E-state index contributed by atoms with van der Waals surface area (Å²) in [6, 6.07) is 4.92. The summed E-state index contributed by atoms with van der Waals surface area (Å²) in [5.41, 5.74) is 2.86. The third-order valence-electron chi connectivity index (χ3n) is 4.75. The van der Waals surface area contributed by atoms with Crippen molar-refractivity contribution in [3.05, 3.63) is 59.6 Å². The highest BCUT2D eigenvalue weighted by atomic mass is 19.1. The zero-order valence-electron chi connectivity index (χ0n) is 16.0. The predicted molar refractivity (Wildman–Crippen MR) is 95.3 cm³/mol. The molecule has 0 aliphatic heterocycles. The molecule has 0 saturated heterocycles. The summed E-state index contributed by atoms with van der Waals surface area (Å²) >= 11 is 0. The Bertz CT molecular complexity index is 984. The van der Waals surface area contributed by atoms with Gasteiger partial charge in [-0.25, -0.2) is 13.3 Å². The number of hydrogen-bond acceptors (Lipinski definition) is 1. The highest BCUT2D eigenvalue weighted by Crippen LogP contribution is 2.35. The Morgan fingerprint density at radius 1 is 0.923 bits per heavy atom. The van der Waals surface area contributed by atoms with E-state index in [1.807, 2.05) is 29.9 Å². The van der Waals surface area contributed by atoms with Gasteiger partial charge in [0.15, 0.2) is 12.5 Å². The summed E-state index contributed by atoms with van der Waals surface area (Å²) in [5, 5.41) is 0. The number of hydrogen-bond donors (Lipinski definition) is 0. The molecule has 0 unspecified atom stereocenters. The van der Waals surface area contributed by atoms with Crippen LogP contribution >= 0.6 is 0 Å². The standard InChI is InChI=1S/C21H24F2N2O/c1-13-18(17-11-14(21(2,3)4)7-8-24(17)5)15(22)12-16(23)19(13)20-25(6)9-10-26-20/h7-12H,1-6H3/q+2.